The summed E-state index contributed by atoms with van der Waals surface area (Å²) in [5.74, 6) is 1.11. The minimum absolute atomic E-state index is 0.160. The van der Waals surface area contributed by atoms with Crippen molar-refractivity contribution in [2.45, 2.75) is 13.3 Å². The summed E-state index contributed by atoms with van der Waals surface area (Å²) in [6.45, 7) is 3.45. The van der Waals surface area contributed by atoms with Gasteiger partial charge in [-0.25, -0.2) is 4.98 Å². The smallest absolute Gasteiger partial charge is 0.252 e. The quantitative estimate of drug-likeness (QED) is 0.631. The monoisotopic (exact) mass is 351 g/mol. The van der Waals surface area contributed by atoms with Gasteiger partial charge < -0.3 is 14.8 Å². The fourth-order valence-electron chi connectivity index (χ4n) is 2.50. The second kappa shape index (κ2) is 8.80. The van der Waals surface area contributed by atoms with Crippen LogP contribution in [-0.2, 0) is 0 Å². The summed E-state index contributed by atoms with van der Waals surface area (Å²) < 4.78 is 11.1. The third kappa shape index (κ3) is 4.47. The average Bonchev–Trinajstić information content (AvgIpc) is 2.68. The van der Waals surface area contributed by atoms with Crippen molar-refractivity contribution < 1.29 is 14.3 Å². The van der Waals surface area contributed by atoms with Crippen LogP contribution in [0.25, 0.3) is 10.9 Å². The molecule has 0 spiro atoms. The zero-order chi connectivity index (χ0) is 18.2. The normalized spacial score (nSPS) is 10.5. The van der Waals surface area contributed by atoms with E-state index in [-0.39, 0.29) is 5.91 Å². The van der Waals surface area contributed by atoms with Crippen molar-refractivity contribution in [3.8, 4) is 11.6 Å². The van der Waals surface area contributed by atoms with Crippen LogP contribution in [0.4, 0.5) is 0 Å². The van der Waals surface area contributed by atoms with Crippen LogP contribution >= 0.6 is 0 Å². The molecule has 0 aliphatic carbocycles. The second-order valence-electron chi connectivity index (χ2n) is 5.61. The Morgan fingerprint density at radius 3 is 2.77 bits per heavy atom. The van der Waals surface area contributed by atoms with Crippen LogP contribution in [0.1, 0.15) is 23.7 Å². The van der Waals surface area contributed by atoms with E-state index in [9.17, 15) is 4.79 Å². The highest BCUT2D eigenvalue weighted by Gasteiger charge is 2.06. The number of nitrogens with zero attached hydrogens (tertiary/aromatic N) is 2. The number of ether oxygens (including phenoxy) is 2. The predicted molar refractivity (Wildman–Crippen MR) is 99.6 cm³/mol. The molecule has 0 atom stereocenters. The maximum absolute atomic E-state index is 12.1. The van der Waals surface area contributed by atoms with E-state index >= 15 is 0 Å². The Hall–Kier alpha value is -3.15. The van der Waals surface area contributed by atoms with Crippen LogP contribution in [0.15, 0.2) is 54.9 Å². The molecular formula is C20H21N3O3. The number of carbonyl (C=O) groups excluding carboxylic acids is 1. The molecule has 6 nitrogen and oxygen atoms in total. The molecule has 6 heteroatoms. The molecule has 0 fully saturated rings. The van der Waals surface area contributed by atoms with Gasteiger partial charge in [0.1, 0.15) is 11.3 Å². The summed E-state index contributed by atoms with van der Waals surface area (Å²) in [6.07, 6.45) is 3.96. The molecule has 0 saturated heterocycles. The lowest BCUT2D eigenvalue weighted by atomic mass is 10.2. The number of amides is 1. The van der Waals surface area contributed by atoms with Crippen molar-refractivity contribution in [2.24, 2.45) is 0 Å². The number of carbonyl (C=O) groups is 1. The molecule has 1 aromatic carbocycles. The van der Waals surface area contributed by atoms with Gasteiger partial charge in [-0.15, -0.1) is 0 Å². The molecule has 0 saturated carbocycles. The summed E-state index contributed by atoms with van der Waals surface area (Å²) in [5.41, 5.74) is 1.35. The van der Waals surface area contributed by atoms with Crippen molar-refractivity contribution in [1.29, 1.82) is 0 Å². The first-order chi connectivity index (χ1) is 12.8. The van der Waals surface area contributed by atoms with E-state index in [1.165, 1.54) is 6.20 Å². The highest BCUT2D eigenvalue weighted by molar-refractivity contribution is 5.93. The maximum atomic E-state index is 12.1. The van der Waals surface area contributed by atoms with Gasteiger partial charge in [0.15, 0.2) is 0 Å². The van der Waals surface area contributed by atoms with Gasteiger partial charge in [0.25, 0.3) is 5.91 Å². The van der Waals surface area contributed by atoms with Gasteiger partial charge in [-0.2, -0.15) is 0 Å². The van der Waals surface area contributed by atoms with Crippen molar-refractivity contribution in [1.82, 2.24) is 15.3 Å². The van der Waals surface area contributed by atoms with Crippen LogP contribution in [0, 0.1) is 0 Å². The number of aromatic nitrogens is 2. The molecule has 1 amide bonds. The molecule has 3 aromatic rings. The topological polar surface area (TPSA) is 73.3 Å². The summed E-state index contributed by atoms with van der Waals surface area (Å²) >= 11 is 0. The summed E-state index contributed by atoms with van der Waals surface area (Å²) in [7, 11) is 0. The number of benzene rings is 1. The Morgan fingerprint density at radius 2 is 1.96 bits per heavy atom. The van der Waals surface area contributed by atoms with E-state index in [0.29, 0.717) is 37.6 Å². The third-order valence-electron chi connectivity index (χ3n) is 3.75. The lowest BCUT2D eigenvalue weighted by Gasteiger charge is -2.09. The van der Waals surface area contributed by atoms with Gasteiger partial charge >= 0.3 is 0 Å². The first-order valence-corrected chi connectivity index (χ1v) is 8.61. The Bertz CT molecular complexity index is 860. The van der Waals surface area contributed by atoms with E-state index < -0.39 is 0 Å². The van der Waals surface area contributed by atoms with Gasteiger partial charge in [-0.3, -0.25) is 9.78 Å². The summed E-state index contributed by atoms with van der Waals surface area (Å²) in [6, 6.07) is 13.1. The zero-order valence-electron chi connectivity index (χ0n) is 14.6. The number of nitrogens with one attached hydrogen (secondary N) is 1. The van der Waals surface area contributed by atoms with Gasteiger partial charge in [0.2, 0.25) is 5.88 Å². The van der Waals surface area contributed by atoms with Crippen LogP contribution in [-0.4, -0.2) is 35.6 Å². The fourth-order valence-corrected chi connectivity index (χ4v) is 2.50. The Morgan fingerprint density at radius 1 is 1.08 bits per heavy atom. The molecule has 134 valence electrons. The molecular weight excluding hydrogens is 330 g/mol. The Kier molecular flexibility index (Phi) is 5.98. The first-order valence-electron chi connectivity index (χ1n) is 8.61. The van der Waals surface area contributed by atoms with E-state index in [2.05, 4.69) is 15.3 Å². The van der Waals surface area contributed by atoms with Crippen LogP contribution in [0.5, 0.6) is 11.6 Å². The SMILES string of the molecule is CCOc1ccc(C(=O)NCCCOc2cccc3cccnc23)cn1. The predicted octanol–water partition coefficient (Wildman–Crippen LogP) is 3.23. The highest BCUT2D eigenvalue weighted by Crippen LogP contribution is 2.22. The third-order valence-corrected chi connectivity index (χ3v) is 3.75. The van der Waals surface area contributed by atoms with E-state index in [4.69, 9.17) is 9.47 Å². The van der Waals surface area contributed by atoms with Crippen molar-refractivity contribution >= 4 is 16.8 Å². The maximum Gasteiger partial charge on any atom is 0.252 e. The Labute approximate surface area is 152 Å². The van der Waals surface area contributed by atoms with Crippen molar-refractivity contribution in [3.63, 3.8) is 0 Å². The number of hydrogen-bond donors (Lipinski definition) is 1. The molecule has 0 unspecified atom stereocenters. The summed E-state index contributed by atoms with van der Waals surface area (Å²) in [5, 5.41) is 3.90. The molecule has 0 radical (unpaired) electrons. The zero-order valence-corrected chi connectivity index (χ0v) is 14.6. The lowest BCUT2D eigenvalue weighted by molar-refractivity contribution is 0.0951. The highest BCUT2D eigenvalue weighted by atomic mass is 16.5. The first kappa shape index (κ1) is 17.7. The van der Waals surface area contributed by atoms with E-state index in [1.807, 2.05) is 37.3 Å². The summed E-state index contributed by atoms with van der Waals surface area (Å²) in [4.78, 5) is 20.5. The minimum Gasteiger partial charge on any atom is -0.491 e. The van der Waals surface area contributed by atoms with Gasteiger partial charge in [0, 0.05) is 30.4 Å². The standard InChI is InChI=1S/C20H21N3O3/c1-2-25-18-10-9-16(14-23-18)20(24)22-12-5-13-26-17-8-3-6-15-7-4-11-21-19(15)17/h3-4,6-11,14H,2,5,12-13H2,1H3,(H,22,24). The van der Waals surface area contributed by atoms with Gasteiger partial charge in [0.05, 0.1) is 18.8 Å². The van der Waals surface area contributed by atoms with E-state index in [0.717, 1.165) is 16.7 Å². The van der Waals surface area contributed by atoms with Crippen LogP contribution < -0.4 is 14.8 Å². The number of fused-ring (bicyclic) bond motifs is 1. The van der Waals surface area contributed by atoms with Crippen LogP contribution in [0.3, 0.4) is 0 Å². The minimum atomic E-state index is -0.160. The van der Waals surface area contributed by atoms with Crippen molar-refractivity contribution in [3.05, 3.63) is 60.4 Å². The number of pyridine rings is 2. The second-order valence-corrected chi connectivity index (χ2v) is 5.61. The number of rotatable bonds is 8. The number of hydrogen-bond acceptors (Lipinski definition) is 5. The van der Waals surface area contributed by atoms with Gasteiger partial charge in [-0.05, 0) is 31.5 Å². The van der Waals surface area contributed by atoms with Crippen LogP contribution in [0.2, 0.25) is 0 Å². The molecule has 1 N–H and O–H groups in total. The molecule has 0 bridgehead atoms. The molecule has 2 heterocycles. The van der Waals surface area contributed by atoms with Crippen molar-refractivity contribution in [2.75, 3.05) is 19.8 Å². The lowest BCUT2D eigenvalue weighted by Crippen LogP contribution is -2.25. The fraction of sp³-hybridized carbons (Fsp3) is 0.250. The molecule has 2 aromatic heterocycles. The average molecular weight is 351 g/mol. The van der Waals surface area contributed by atoms with E-state index in [1.54, 1.807) is 18.3 Å². The molecule has 0 aliphatic heterocycles. The Balaban J connectivity index is 1.44. The molecule has 0 aliphatic rings. The number of para-hydroxylation sites is 1. The van der Waals surface area contributed by atoms with Gasteiger partial charge in [-0.1, -0.05) is 18.2 Å². The molecule has 26 heavy (non-hydrogen) atoms. The largest absolute Gasteiger partial charge is 0.491 e. The molecule has 3 rings (SSSR count).